The highest BCUT2D eigenvalue weighted by Gasteiger charge is 2.53. The number of anilines is 2. The van der Waals surface area contributed by atoms with E-state index >= 15 is 0 Å². The van der Waals surface area contributed by atoms with Crippen LogP contribution in [0.1, 0.15) is 106 Å². The average molecular weight is 925 g/mol. The van der Waals surface area contributed by atoms with Crippen molar-refractivity contribution in [3.05, 3.63) is 78.9 Å². The van der Waals surface area contributed by atoms with Gasteiger partial charge in [-0.15, -0.1) is 12.4 Å². The van der Waals surface area contributed by atoms with Crippen molar-refractivity contribution in [2.45, 2.75) is 102 Å². The molecule has 2 saturated heterocycles. The van der Waals surface area contributed by atoms with Crippen molar-refractivity contribution >= 4 is 75.0 Å². The van der Waals surface area contributed by atoms with Gasteiger partial charge in [0.2, 0.25) is 11.4 Å². The van der Waals surface area contributed by atoms with E-state index in [1.54, 1.807) is 12.1 Å². The molecule has 66 heavy (non-hydrogen) atoms. The molecule has 4 aromatic rings. The number of hydrogen-bond donors (Lipinski definition) is 4. The first-order chi connectivity index (χ1) is 30.8. The van der Waals surface area contributed by atoms with E-state index in [2.05, 4.69) is 24.8 Å². The SMILES string of the molecule is Cl.[C-]#[N+]c1cc2cc(C(=O)O)c(=O)n3c2c(c1N1CC[C@@H](C2(N)CC2)C1)OC[C@@H]3C.[C-]#[N+]c1cc2cc(C(=O)O)c(=O)n3c2c(c1N1CC[C@@H](C2(NC(=O)OC(C)(C)C)CC2)C1)OC[C@@H]3C. The van der Waals surface area contributed by atoms with Crippen LogP contribution in [-0.2, 0) is 4.74 Å². The van der Waals surface area contributed by atoms with Crippen molar-refractivity contribution < 1.29 is 38.8 Å². The fraction of sp³-hybridized carbons (Fsp3) is 0.511. The lowest BCUT2D eigenvalue weighted by Crippen LogP contribution is -2.45. The van der Waals surface area contributed by atoms with Gasteiger partial charge in [0, 0.05) is 43.2 Å². The van der Waals surface area contributed by atoms with Crippen molar-refractivity contribution in [3.8, 4) is 11.5 Å². The Morgan fingerprint density at radius 3 is 1.61 bits per heavy atom. The number of alkyl carbamates (subject to hydrolysis) is 1. The van der Waals surface area contributed by atoms with Crippen LogP contribution in [0.15, 0.2) is 33.9 Å². The van der Waals surface area contributed by atoms with Crippen LogP contribution in [-0.4, -0.2) is 93.5 Å². The maximum atomic E-state index is 13.0. The van der Waals surface area contributed by atoms with Gasteiger partial charge in [-0.3, -0.25) is 18.7 Å². The quantitative estimate of drug-likeness (QED) is 0.137. The molecule has 4 atom stereocenters. The first-order valence-electron chi connectivity index (χ1n) is 22.1. The van der Waals surface area contributed by atoms with Crippen molar-refractivity contribution in [1.29, 1.82) is 0 Å². The number of nitrogens with one attached hydrogen (secondary N) is 1. The van der Waals surface area contributed by atoms with Gasteiger partial charge in [0.1, 0.15) is 29.9 Å². The third kappa shape index (κ3) is 7.79. The molecule has 18 nitrogen and oxygen atoms in total. The summed E-state index contributed by atoms with van der Waals surface area (Å²) in [5.41, 5.74) is 6.86. The Balaban J connectivity index is 0.000000180. The number of carbonyl (C=O) groups excluding carboxylic acids is 1. The van der Waals surface area contributed by atoms with Crippen molar-refractivity contribution in [2.75, 3.05) is 49.2 Å². The van der Waals surface area contributed by atoms with Gasteiger partial charge in [0.05, 0.1) is 47.6 Å². The number of aromatic carboxylic acids is 2. The van der Waals surface area contributed by atoms with Gasteiger partial charge in [-0.05, 0) is 114 Å². The third-order valence-electron chi connectivity index (χ3n) is 13.9. The smallest absolute Gasteiger partial charge is 0.408 e. The van der Waals surface area contributed by atoms with Gasteiger partial charge in [0.15, 0.2) is 11.5 Å². The van der Waals surface area contributed by atoms with Gasteiger partial charge in [-0.1, -0.05) is 0 Å². The minimum atomic E-state index is -1.30. The van der Waals surface area contributed by atoms with Crippen LogP contribution in [0.5, 0.6) is 11.5 Å². The summed E-state index contributed by atoms with van der Waals surface area (Å²) in [6.45, 7) is 27.9. The highest BCUT2D eigenvalue weighted by molar-refractivity contribution is 6.03. The molecular formula is C47H53ClN8O10. The Labute approximate surface area is 386 Å². The van der Waals surface area contributed by atoms with Crippen LogP contribution in [0.4, 0.5) is 27.5 Å². The van der Waals surface area contributed by atoms with E-state index in [0.717, 1.165) is 51.6 Å². The van der Waals surface area contributed by atoms with Crippen molar-refractivity contribution in [2.24, 2.45) is 17.6 Å². The maximum absolute atomic E-state index is 13.0. The number of ether oxygens (including phenoxy) is 3. The number of amides is 1. The summed E-state index contributed by atoms with van der Waals surface area (Å²) in [7, 11) is 0. The van der Waals surface area contributed by atoms with E-state index < -0.39 is 34.8 Å². The molecule has 2 aliphatic carbocycles. The molecule has 6 aliphatic rings. The highest BCUT2D eigenvalue weighted by atomic mass is 35.5. The lowest BCUT2D eigenvalue weighted by atomic mass is 9.96. The van der Waals surface area contributed by atoms with E-state index in [1.165, 1.54) is 21.3 Å². The minimum absolute atomic E-state index is 0. The Kier molecular flexibility index (Phi) is 11.5. The molecular weight excluding hydrogens is 872 g/mol. The van der Waals surface area contributed by atoms with Crippen LogP contribution >= 0.6 is 12.4 Å². The molecule has 5 N–H and O–H groups in total. The molecule has 4 aliphatic heterocycles. The fourth-order valence-electron chi connectivity index (χ4n) is 10.3. The van der Waals surface area contributed by atoms with Gasteiger partial charge in [0.25, 0.3) is 11.1 Å². The zero-order valence-electron chi connectivity index (χ0n) is 37.4. The number of nitrogens with two attached hydrogens (primary N) is 1. The molecule has 0 bridgehead atoms. The first-order valence-corrected chi connectivity index (χ1v) is 22.1. The van der Waals surface area contributed by atoms with E-state index in [1.807, 2.05) is 34.6 Å². The number of benzene rings is 2. The van der Waals surface area contributed by atoms with Crippen molar-refractivity contribution in [3.63, 3.8) is 0 Å². The summed E-state index contributed by atoms with van der Waals surface area (Å²) in [5.74, 6) is -1.07. The number of carboxylic acid groups (broad SMARTS) is 2. The summed E-state index contributed by atoms with van der Waals surface area (Å²) >= 11 is 0. The number of carboxylic acids is 2. The van der Waals surface area contributed by atoms with Gasteiger partial charge in [-0.2, -0.15) is 0 Å². The van der Waals surface area contributed by atoms with Crippen LogP contribution < -0.4 is 41.4 Å². The number of carbonyl (C=O) groups is 3. The Hall–Kier alpha value is -6.50. The number of aromatic nitrogens is 2. The molecule has 19 heteroatoms. The van der Waals surface area contributed by atoms with E-state index in [-0.39, 0.29) is 65.8 Å². The topological polar surface area (TPSA) is 217 Å². The standard InChI is InChI=1S/C26H30N4O6.C21H22N4O4.ClH/c1-14-13-35-21-19-15(10-17(23(32)33)22(31)30(14)19)11-18(27-5)20(21)29-9-6-16(12-29)26(7-8-26)28-24(34)36-25(2,3)4;1-11-10-29-18-16-12(7-14(20(27)28)19(26)25(11)16)8-15(23-2)17(18)24-6-3-13(9-24)21(22)4-5-21;/h10-11,14,16H,6-9,12-13H2,1-4H3,(H,28,34)(H,32,33);7-8,11,13H,3-6,9-10,22H2,1H3,(H,27,28);1H/t14-,16+;11-,13+;/m00./s1. The molecule has 0 radical (unpaired) electrons. The first kappa shape index (κ1) is 46.0. The van der Waals surface area contributed by atoms with E-state index in [0.29, 0.717) is 75.1 Å². The van der Waals surface area contributed by atoms with E-state index in [4.69, 9.17) is 33.1 Å². The predicted octanol–water partition coefficient (Wildman–Crippen LogP) is 7.03. The van der Waals surface area contributed by atoms with Crippen LogP contribution in [0.2, 0.25) is 0 Å². The van der Waals surface area contributed by atoms with Crippen LogP contribution in [0.3, 0.4) is 0 Å². The summed E-state index contributed by atoms with van der Waals surface area (Å²) < 4.78 is 20.7. The number of hydrogen-bond acceptors (Lipinski definition) is 11. The average Bonchev–Trinajstić information content (AvgIpc) is 4.05. The largest absolute Gasteiger partial charge is 0.488 e. The zero-order chi connectivity index (χ0) is 46.5. The number of halogens is 1. The summed E-state index contributed by atoms with van der Waals surface area (Å²) in [6, 6.07) is 5.35. The lowest BCUT2D eigenvalue weighted by molar-refractivity contribution is 0.0476. The van der Waals surface area contributed by atoms with Gasteiger partial charge < -0.3 is 45.3 Å². The van der Waals surface area contributed by atoms with Crippen LogP contribution in [0.25, 0.3) is 31.5 Å². The normalized spacial score (nSPS) is 22.7. The number of rotatable bonds is 7. The summed E-state index contributed by atoms with van der Waals surface area (Å²) in [6.07, 6.45) is 5.19. The van der Waals surface area contributed by atoms with E-state index in [9.17, 15) is 34.2 Å². The number of pyridine rings is 2. The Morgan fingerprint density at radius 2 is 1.21 bits per heavy atom. The number of nitrogens with zero attached hydrogens (tertiary/aromatic N) is 6. The Morgan fingerprint density at radius 1 is 0.773 bits per heavy atom. The van der Waals surface area contributed by atoms with Gasteiger partial charge >= 0.3 is 18.0 Å². The summed E-state index contributed by atoms with van der Waals surface area (Å²) in [4.78, 5) is 73.4. The molecule has 348 valence electrons. The molecule has 10 rings (SSSR count). The second-order valence-corrected chi connectivity index (χ2v) is 19.5. The molecule has 2 aromatic heterocycles. The monoisotopic (exact) mass is 924 g/mol. The zero-order valence-corrected chi connectivity index (χ0v) is 38.2. The minimum Gasteiger partial charge on any atom is -0.488 e. The molecule has 0 spiro atoms. The van der Waals surface area contributed by atoms with Crippen LogP contribution in [0, 0.1) is 25.0 Å². The molecule has 4 fully saturated rings. The molecule has 2 saturated carbocycles. The molecule has 0 unspecified atom stereocenters. The predicted molar refractivity (Wildman–Crippen MR) is 249 cm³/mol. The van der Waals surface area contributed by atoms with Gasteiger partial charge in [-0.25, -0.2) is 24.1 Å². The lowest BCUT2D eigenvalue weighted by Gasteiger charge is -2.32. The molecule has 6 heterocycles. The fourth-order valence-corrected chi connectivity index (χ4v) is 10.3. The second kappa shape index (κ2) is 16.4. The Bertz CT molecular complexity index is 2940. The third-order valence-corrected chi connectivity index (χ3v) is 13.9. The van der Waals surface area contributed by atoms with Crippen molar-refractivity contribution in [1.82, 2.24) is 14.5 Å². The molecule has 1 amide bonds. The summed E-state index contributed by atoms with van der Waals surface area (Å²) in [5, 5.41) is 23.1. The molecule has 2 aromatic carbocycles. The maximum Gasteiger partial charge on any atom is 0.408 e. The highest BCUT2D eigenvalue weighted by Crippen LogP contribution is 2.53. The second-order valence-electron chi connectivity index (χ2n) is 19.5.